The molecule has 0 bridgehead atoms. The molecule has 7 rings (SSSR count). The van der Waals surface area contributed by atoms with Gasteiger partial charge in [0.2, 0.25) is 0 Å². The van der Waals surface area contributed by atoms with Crippen LogP contribution in [-0.2, 0) is 16.0 Å². The van der Waals surface area contributed by atoms with E-state index in [1.807, 2.05) is 13.0 Å². The number of nitrogens with two attached hydrogens (primary N) is 1. The number of anilines is 2. The number of rotatable bonds is 8. The van der Waals surface area contributed by atoms with Gasteiger partial charge in [-0.1, -0.05) is 6.92 Å². The molecule has 1 spiro atoms. The summed E-state index contributed by atoms with van der Waals surface area (Å²) < 4.78 is 24.4. The van der Waals surface area contributed by atoms with Crippen LogP contribution < -0.4 is 16.0 Å². The Labute approximate surface area is 293 Å². The van der Waals surface area contributed by atoms with Crippen LogP contribution >= 0.6 is 22.9 Å². The number of allylic oxidation sites excluding steroid dienone is 2. The highest BCUT2D eigenvalue weighted by Gasteiger charge is 2.47. The van der Waals surface area contributed by atoms with Crippen LogP contribution in [0.3, 0.4) is 0 Å². The topological polar surface area (TPSA) is 114 Å². The number of fused-ring (bicyclic) bond motifs is 3. The molecule has 2 saturated heterocycles. The fourth-order valence-corrected chi connectivity index (χ4v) is 9.02. The molecule has 1 unspecified atom stereocenters. The van der Waals surface area contributed by atoms with Gasteiger partial charge in [-0.3, -0.25) is 14.5 Å². The fraction of sp³-hybridized carbons (Fsp3) is 0.351. The molecule has 12 heteroatoms. The molecular formula is C37H39FN6O3S2. The summed E-state index contributed by atoms with van der Waals surface area (Å²) >= 11 is 2.91. The molecule has 9 nitrogen and oxygen atoms in total. The highest BCUT2D eigenvalue weighted by Crippen LogP contribution is 2.45. The van der Waals surface area contributed by atoms with E-state index in [-0.39, 0.29) is 23.3 Å². The van der Waals surface area contributed by atoms with E-state index in [4.69, 9.17) is 10.5 Å². The van der Waals surface area contributed by atoms with Crippen molar-refractivity contribution in [1.82, 2.24) is 14.3 Å². The van der Waals surface area contributed by atoms with Crippen LogP contribution in [0.4, 0.5) is 15.8 Å². The van der Waals surface area contributed by atoms with Gasteiger partial charge in [0.15, 0.2) is 5.01 Å². The first-order valence-corrected chi connectivity index (χ1v) is 18.2. The lowest BCUT2D eigenvalue weighted by atomic mass is 9.72. The summed E-state index contributed by atoms with van der Waals surface area (Å²) in [5.74, 6) is -0.843. The Morgan fingerprint density at radius 2 is 1.92 bits per heavy atom. The number of thiophene rings is 1. The first-order chi connectivity index (χ1) is 23.8. The van der Waals surface area contributed by atoms with Gasteiger partial charge in [0.1, 0.15) is 12.1 Å². The molecule has 5 heterocycles. The number of carbonyl (C=O) groups excluding carboxylic acids is 2. The molecule has 0 saturated carbocycles. The van der Waals surface area contributed by atoms with Crippen molar-refractivity contribution in [2.45, 2.75) is 45.6 Å². The maximum Gasteiger partial charge on any atom is 0.258 e. The van der Waals surface area contributed by atoms with Gasteiger partial charge in [0.05, 0.1) is 10.6 Å². The molecule has 2 amide bonds. The molecule has 254 valence electrons. The van der Waals surface area contributed by atoms with E-state index in [2.05, 4.69) is 32.6 Å². The smallest absolute Gasteiger partial charge is 0.258 e. The van der Waals surface area contributed by atoms with Crippen LogP contribution in [-0.4, -0.2) is 65.0 Å². The monoisotopic (exact) mass is 698 g/mol. The molecular weight excluding hydrogens is 660 g/mol. The van der Waals surface area contributed by atoms with Crippen molar-refractivity contribution in [1.29, 1.82) is 0 Å². The lowest BCUT2D eigenvalue weighted by molar-refractivity contribution is -0.116. The third-order valence-corrected chi connectivity index (χ3v) is 11.9. The molecule has 0 aliphatic carbocycles. The largest absolute Gasteiger partial charge is 0.404 e. The first kappa shape index (κ1) is 33.3. The van der Waals surface area contributed by atoms with E-state index in [0.29, 0.717) is 35.5 Å². The second-order valence-corrected chi connectivity index (χ2v) is 14.9. The molecule has 0 radical (unpaired) electrons. The van der Waals surface area contributed by atoms with Gasteiger partial charge in [0, 0.05) is 71.6 Å². The van der Waals surface area contributed by atoms with Crippen LogP contribution in [0.15, 0.2) is 78.3 Å². The molecule has 2 aromatic carbocycles. The lowest BCUT2D eigenvalue weighted by Gasteiger charge is -2.55. The van der Waals surface area contributed by atoms with E-state index in [1.165, 1.54) is 29.9 Å². The number of carbonyl (C=O) groups is 2. The van der Waals surface area contributed by atoms with Crippen molar-refractivity contribution in [2.24, 2.45) is 11.1 Å². The second-order valence-electron chi connectivity index (χ2n) is 13.1. The summed E-state index contributed by atoms with van der Waals surface area (Å²) in [5, 5.41) is 3.90. The molecule has 3 aliphatic heterocycles. The summed E-state index contributed by atoms with van der Waals surface area (Å²) in [7, 11) is 0. The SMILES string of the molecule is CCC(/C(=C\C(C)=C/N)C(=O)Nc1ccc(C(=O)N2CCc3cc(-c4ncns4)sc3-c3ccc(F)cc32)cc1)N1CC2(CCOCC2)C1. The van der Waals surface area contributed by atoms with E-state index in [9.17, 15) is 14.0 Å². The number of ether oxygens (including phenoxy) is 1. The number of aromatic nitrogens is 2. The number of amides is 2. The van der Waals surface area contributed by atoms with Crippen LogP contribution in [0, 0.1) is 11.2 Å². The van der Waals surface area contributed by atoms with Crippen molar-refractivity contribution in [3.8, 4) is 20.3 Å². The van der Waals surface area contributed by atoms with Gasteiger partial charge >= 0.3 is 0 Å². The zero-order valence-electron chi connectivity index (χ0n) is 27.6. The lowest BCUT2D eigenvalue weighted by Crippen LogP contribution is -2.62. The average Bonchev–Trinajstić information content (AvgIpc) is 3.76. The van der Waals surface area contributed by atoms with E-state index < -0.39 is 5.82 Å². The van der Waals surface area contributed by atoms with Crippen LogP contribution in [0.5, 0.6) is 0 Å². The van der Waals surface area contributed by atoms with Crippen LogP contribution in [0.25, 0.3) is 20.3 Å². The normalized spacial score (nSPS) is 18.3. The van der Waals surface area contributed by atoms with E-state index in [1.54, 1.807) is 52.9 Å². The standard InChI is InChI=1S/C37H39FN6O3S2/c1-3-30(43-20-37(21-43)11-14-47-15-12-37)29(16-23(2)19-39)34(45)42-27-7-4-24(5-8-27)36(46)44-13-10-25-17-32(35-40-22-41-49-35)48-33(25)28-9-6-26(38)18-31(28)44/h4-9,16-19,22,30H,3,10-15,20-21,39H2,1-2H3,(H,42,45)/b23-19-,29-16+. The van der Waals surface area contributed by atoms with E-state index in [0.717, 1.165) is 77.0 Å². The van der Waals surface area contributed by atoms with Gasteiger partial charge in [-0.25, -0.2) is 9.37 Å². The summed E-state index contributed by atoms with van der Waals surface area (Å²) in [6, 6.07) is 13.6. The predicted molar refractivity (Wildman–Crippen MR) is 193 cm³/mol. The summed E-state index contributed by atoms with van der Waals surface area (Å²) in [5.41, 5.74) is 11.0. The van der Waals surface area contributed by atoms with Crippen molar-refractivity contribution < 1.29 is 18.7 Å². The summed E-state index contributed by atoms with van der Waals surface area (Å²) in [6.45, 7) is 7.87. The highest BCUT2D eigenvalue weighted by molar-refractivity contribution is 7.22. The average molecular weight is 699 g/mol. The number of likely N-dealkylation sites (tertiary alicyclic amines) is 1. The number of hydrogen-bond donors (Lipinski definition) is 2. The molecule has 2 aromatic heterocycles. The molecule has 3 N–H and O–H groups in total. The maximum atomic E-state index is 14.6. The van der Waals surface area contributed by atoms with Gasteiger partial charge in [-0.2, -0.15) is 4.37 Å². The first-order valence-electron chi connectivity index (χ1n) is 16.6. The van der Waals surface area contributed by atoms with Crippen LogP contribution in [0.2, 0.25) is 0 Å². The highest BCUT2D eigenvalue weighted by atomic mass is 32.1. The molecule has 1 atom stereocenters. The second kappa shape index (κ2) is 13.9. The molecule has 3 aliphatic rings. The number of benzene rings is 2. The third-order valence-electron chi connectivity index (χ3n) is 9.84. The minimum atomic E-state index is -0.408. The zero-order valence-corrected chi connectivity index (χ0v) is 29.2. The number of nitrogens with one attached hydrogen (secondary N) is 1. The minimum absolute atomic E-state index is 0.0507. The molecule has 4 aromatic rings. The Balaban J connectivity index is 1.09. The number of halogens is 1. The van der Waals surface area contributed by atoms with Gasteiger partial charge in [-0.05, 0) is 116 Å². The summed E-state index contributed by atoms with van der Waals surface area (Å²) in [6.07, 6.45) is 8.43. The Morgan fingerprint density at radius 3 is 2.61 bits per heavy atom. The number of nitrogens with zero attached hydrogens (tertiary/aromatic N) is 4. The fourth-order valence-electron chi connectivity index (χ4n) is 7.21. The van der Waals surface area contributed by atoms with Crippen molar-refractivity contribution in [3.05, 3.63) is 95.2 Å². The minimum Gasteiger partial charge on any atom is -0.404 e. The Morgan fingerprint density at radius 1 is 1.14 bits per heavy atom. The van der Waals surface area contributed by atoms with Crippen molar-refractivity contribution in [2.75, 3.05) is 43.1 Å². The van der Waals surface area contributed by atoms with Gasteiger partial charge in [-0.15, -0.1) is 11.3 Å². The Bertz CT molecular complexity index is 1910. The van der Waals surface area contributed by atoms with Gasteiger partial charge < -0.3 is 20.7 Å². The summed E-state index contributed by atoms with van der Waals surface area (Å²) in [4.78, 5) is 38.2. The van der Waals surface area contributed by atoms with Crippen LogP contribution in [0.1, 0.15) is 49.0 Å². The maximum absolute atomic E-state index is 14.6. The van der Waals surface area contributed by atoms with Crippen molar-refractivity contribution in [3.63, 3.8) is 0 Å². The molecule has 49 heavy (non-hydrogen) atoms. The van der Waals surface area contributed by atoms with Crippen molar-refractivity contribution >= 4 is 46.1 Å². The Hall–Kier alpha value is -4.23. The predicted octanol–water partition coefficient (Wildman–Crippen LogP) is 6.89. The quantitative estimate of drug-likeness (QED) is 0.152. The number of hydrogen-bond acceptors (Lipinski definition) is 9. The molecule has 2 fully saturated rings. The Kier molecular flexibility index (Phi) is 9.47. The van der Waals surface area contributed by atoms with E-state index >= 15 is 0 Å². The zero-order chi connectivity index (χ0) is 34.1. The third kappa shape index (κ3) is 6.70. The van der Waals surface area contributed by atoms with Gasteiger partial charge in [0.25, 0.3) is 11.8 Å².